The van der Waals surface area contributed by atoms with E-state index in [2.05, 4.69) is 21.8 Å². The van der Waals surface area contributed by atoms with Gasteiger partial charge in [-0.15, -0.1) is 0 Å². The monoisotopic (exact) mass is 512 g/mol. The third-order valence-electron chi connectivity index (χ3n) is 6.18. The molecule has 10 heteroatoms. The highest BCUT2D eigenvalue weighted by Gasteiger charge is 2.42. The molecule has 1 N–H and O–H groups in total. The Bertz CT molecular complexity index is 1090. The number of para-hydroxylation sites is 1. The average Bonchev–Trinajstić information content (AvgIpc) is 3.28. The van der Waals surface area contributed by atoms with E-state index in [4.69, 9.17) is 14.2 Å². The van der Waals surface area contributed by atoms with E-state index in [-0.39, 0.29) is 18.9 Å². The summed E-state index contributed by atoms with van der Waals surface area (Å²) in [5.41, 5.74) is 2.54. The molecule has 4 rings (SSSR count). The van der Waals surface area contributed by atoms with E-state index in [1.807, 2.05) is 34.6 Å². The van der Waals surface area contributed by atoms with Crippen LogP contribution in [0.1, 0.15) is 24.9 Å². The largest absolute Gasteiger partial charge is 0.496 e. The van der Waals surface area contributed by atoms with Crippen molar-refractivity contribution in [3.05, 3.63) is 64.9 Å². The molecule has 1 atom stereocenters. The molecule has 0 aliphatic carbocycles. The highest BCUT2D eigenvalue weighted by molar-refractivity contribution is 8.16. The van der Waals surface area contributed by atoms with Crippen LogP contribution in [0.5, 0.6) is 5.75 Å². The number of aliphatic imine (C=N–C) groups is 1. The van der Waals surface area contributed by atoms with Crippen molar-refractivity contribution in [2.45, 2.75) is 19.4 Å². The Labute approximate surface area is 215 Å². The van der Waals surface area contributed by atoms with E-state index in [0.29, 0.717) is 28.7 Å². The lowest BCUT2D eigenvalue weighted by Gasteiger charge is -2.36. The van der Waals surface area contributed by atoms with Crippen LogP contribution in [0.3, 0.4) is 0 Å². The molecule has 0 saturated carbocycles. The number of morpholine rings is 1. The predicted octanol–water partition coefficient (Wildman–Crippen LogP) is 2.84. The molecule has 0 radical (unpaired) electrons. The minimum absolute atomic E-state index is 0.0859. The SMILES string of the molecule is C=CCOC(=O)C1=C(C)N=C2SC=C(CC(=O)NCCN3CCOCC3)N2[C@@H]1c1ccccc1OC. The van der Waals surface area contributed by atoms with E-state index < -0.39 is 12.0 Å². The summed E-state index contributed by atoms with van der Waals surface area (Å²) < 4.78 is 16.5. The number of amidine groups is 1. The summed E-state index contributed by atoms with van der Waals surface area (Å²) in [7, 11) is 1.60. The number of thioether (sulfide) groups is 1. The number of amides is 1. The van der Waals surface area contributed by atoms with Gasteiger partial charge in [0.25, 0.3) is 0 Å². The molecule has 3 aliphatic heterocycles. The van der Waals surface area contributed by atoms with Crippen molar-refractivity contribution in [2.24, 2.45) is 4.99 Å². The number of allylic oxidation sites excluding steroid dienone is 1. The number of hydrogen-bond donors (Lipinski definition) is 1. The highest BCUT2D eigenvalue weighted by atomic mass is 32.2. The van der Waals surface area contributed by atoms with Crippen LogP contribution in [0, 0.1) is 0 Å². The first kappa shape index (κ1) is 26.0. The number of nitrogens with zero attached hydrogens (tertiary/aromatic N) is 3. The summed E-state index contributed by atoms with van der Waals surface area (Å²) >= 11 is 1.44. The Morgan fingerprint density at radius 1 is 1.31 bits per heavy atom. The molecule has 0 unspecified atom stereocenters. The summed E-state index contributed by atoms with van der Waals surface area (Å²) in [6.07, 6.45) is 1.69. The molecule has 1 aromatic carbocycles. The number of nitrogens with one attached hydrogen (secondary N) is 1. The number of esters is 1. The normalized spacial score (nSPS) is 19.8. The van der Waals surface area contributed by atoms with Gasteiger partial charge in [-0.05, 0) is 18.4 Å². The second kappa shape index (κ2) is 12.2. The molecule has 1 aromatic rings. The molecule has 1 fully saturated rings. The van der Waals surface area contributed by atoms with Crippen LogP contribution in [-0.2, 0) is 19.1 Å². The summed E-state index contributed by atoms with van der Waals surface area (Å²) in [4.78, 5) is 35.0. The van der Waals surface area contributed by atoms with Crippen LogP contribution in [0.25, 0.3) is 0 Å². The second-order valence-electron chi connectivity index (χ2n) is 8.50. The number of methoxy groups -OCH3 is 1. The Hall–Kier alpha value is -3.08. The van der Waals surface area contributed by atoms with Crippen LogP contribution in [0.15, 0.2) is 64.3 Å². The molecule has 0 bridgehead atoms. The van der Waals surface area contributed by atoms with Crippen molar-refractivity contribution in [3.63, 3.8) is 0 Å². The smallest absolute Gasteiger partial charge is 0.338 e. The fourth-order valence-corrected chi connectivity index (χ4v) is 5.40. The lowest BCUT2D eigenvalue weighted by molar-refractivity contribution is -0.138. The van der Waals surface area contributed by atoms with Gasteiger partial charge in [0.15, 0.2) is 5.17 Å². The fraction of sp³-hybridized carbons (Fsp3) is 0.423. The number of rotatable bonds is 10. The van der Waals surface area contributed by atoms with Gasteiger partial charge in [-0.1, -0.05) is 42.6 Å². The summed E-state index contributed by atoms with van der Waals surface area (Å²) in [6, 6.07) is 7.01. The molecular weight excluding hydrogens is 480 g/mol. The molecule has 3 aliphatic rings. The van der Waals surface area contributed by atoms with E-state index in [9.17, 15) is 9.59 Å². The first-order valence-corrected chi connectivity index (χ1v) is 12.8. The first-order valence-electron chi connectivity index (χ1n) is 12.0. The zero-order valence-corrected chi connectivity index (χ0v) is 21.5. The van der Waals surface area contributed by atoms with E-state index in [1.165, 1.54) is 17.8 Å². The molecule has 9 nitrogen and oxygen atoms in total. The van der Waals surface area contributed by atoms with Crippen molar-refractivity contribution in [3.8, 4) is 5.75 Å². The number of carbonyl (C=O) groups is 2. The quantitative estimate of drug-likeness (QED) is 0.378. The van der Waals surface area contributed by atoms with Crippen molar-refractivity contribution in [1.29, 1.82) is 0 Å². The van der Waals surface area contributed by atoms with Gasteiger partial charge in [-0.25, -0.2) is 9.79 Å². The molecule has 192 valence electrons. The Kier molecular flexibility index (Phi) is 8.84. The van der Waals surface area contributed by atoms with Crippen LogP contribution in [0.4, 0.5) is 0 Å². The van der Waals surface area contributed by atoms with Gasteiger partial charge in [0.2, 0.25) is 5.91 Å². The molecule has 36 heavy (non-hydrogen) atoms. The minimum atomic E-state index is -0.548. The van der Waals surface area contributed by atoms with Gasteiger partial charge in [0, 0.05) is 37.4 Å². The molecule has 3 heterocycles. The van der Waals surface area contributed by atoms with Gasteiger partial charge in [0.05, 0.1) is 44.1 Å². The Morgan fingerprint density at radius 2 is 2.08 bits per heavy atom. The first-order chi connectivity index (χ1) is 17.5. The third kappa shape index (κ3) is 5.83. The molecule has 1 saturated heterocycles. The maximum atomic E-state index is 13.2. The number of benzene rings is 1. The molecule has 0 spiro atoms. The van der Waals surface area contributed by atoms with E-state index >= 15 is 0 Å². The number of carbonyl (C=O) groups excluding carboxylic acids is 2. The lowest BCUT2D eigenvalue weighted by Crippen LogP contribution is -2.42. The van der Waals surface area contributed by atoms with Crippen LogP contribution in [-0.4, -0.2) is 80.0 Å². The second-order valence-corrected chi connectivity index (χ2v) is 9.34. The van der Waals surface area contributed by atoms with Crippen LogP contribution in [0.2, 0.25) is 0 Å². The van der Waals surface area contributed by atoms with Gasteiger partial charge in [-0.2, -0.15) is 0 Å². The number of hydrogen-bond acceptors (Lipinski definition) is 9. The van der Waals surface area contributed by atoms with Crippen molar-refractivity contribution >= 4 is 28.8 Å². The van der Waals surface area contributed by atoms with Gasteiger partial charge >= 0.3 is 5.97 Å². The van der Waals surface area contributed by atoms with Gasteiger partial charge in [0.1, 0.15) is 12.4 Å². The van der Waals surface area contributed by atoms with E-state index in [1.54, 1.807) is 14.0 Å². The number of ether oxygens (including phenoxy) is 3. The third-order valence-corrected chi connectivity index (χ3v) is 7.07. The van der Waals surface area contributed by atoms with Gasteiger partial charge in [-0.3, -0.25) is 9.69 Å². The van der Waals surface area contributed by atoms with Gasteiger partial charge < -0.3 is 24.4 Å². The van der Waals surface area contributed by atoms with Crippen LogP contribution < -0.4 is 10.1 Å². The minimum Gasteiger partial charge on any atom is -0.496 e. The van der Waals surface area contributed by atoms with Crippen molar-refractivity contribution in [1.82, 2.24) is 15.1 Å². The van der Waals surface area contributed by atoms with Crippen molar-refractivity contribution in [2.75, 3.05) is 53.1 Å². The Morgan fingerprint density at radius 3 is 2.83 bits per heavy atom. The maximum Gasteiger partial charge on any atom is 0.338 e. The predicted molar refractivity (Wildman–Crippen MR) is 139 cm³/mol. The van der Waals surface area contributed by atoms with Crippen LogP contribution >= 0.6 is 11.8 Å². The molecule has 0 aromatic heterocycles. The Balaban J connectivity index is 1.55. The zero-order valence-electron chi connectivity index (χ0n) is 20.7. The summed E-state index contributed by atoms with van der Waals surface area (Å²) in [5, 5.41) is 5.66. The number of fused-ring (bicyclic) bond motifs is 1. The standard InChI is InChI=1S/C26H32N4O5S/c1-4-13-35-25(32)23-18(2)28-26-30(24(23)20-7-5-6-8-21(20)33-3)19(17-36-26)16-22(31)27-9-10-29-11-14-34-15-12-29/h4-8,17,24H,1,9-16H2,2-3H3,(H,27,31)/t24-/m1/s1. The topological polar surface area (TPSA) is 92.7 Å². The maximum absolute atomic E-state index is 13.2. The fourth-order valence-electron chi connectivity index (χ4n) is 4.43. The molecular formula is C26H32N4O5S. The van der Waals surface area contributed by atoms with Crippen molar-refractivity contribution < 1.29 is 23.8 Å². The lowest BCUT2D eigenvalue weighted by atomic mass is 9.93. The molecule has 1 amide bonds. The average molecular weight is 513 g/mol. The summed E-state index contributed by atoms with van der Waals surface area (Å²) in [6.45, 7) is 10.1. The highest BCUT2D eigenvalue weighted by Crippen LogP contribution is 2.46. The summed E-state index contributed by atoms with van der Waals surface area (Å²) in [5.74, 6) is 0.0753. The zero-order chi connectivity index (χ0) is 25.5. The van der Waals surface area contributed by atoms with E-state index in [0.717, 1.165) is 44.1 Å².